The number of amides is 1. The van der Waals surface area contributed by atoms with Crippen molar-refractivity contribution in [3.05, 3.63) is 12.2 Å². The zero-order chi connectivity index (χ0) is 18.9. The summed E-state index contributed by atoms with van der Waals surface area (Å²) < 4.78 is 0. The molecule has 4 aliphatic rings. The van der Waals surface area contributed by atoms with Crippen molar-refractivity contribution in [2.45, 2.75) is 84.8 Å². The Labute approximate surface area is 159 Å². The van der Waals surface area contributed by atoms with Crippen LogP contribution in [0.1, 0.15) is 73.1 Å². The normalized spacial score (nSPS) is 52.5. The van der Waals surface area contributed by atoms with Crippen molar-refractivity contribution in [3.63, 3.8) is 0 Å². The van der Waals surface area contributed by atoms with Crippen LogP contribution in [0.5, 0.6) is 0 Å². The van der Waals surface area contributed by atoms with E-state index in [0.717, 1.165) is 12.8 Å². The smallest absolute Gasteiger partial charge is 0.243 e. The van der Waals surface area contributed by atoms with Gasteiger partial charge in [0.05, 0.1) is 5.60 Å². The van der Waals surface area contributed by atoms with E-state index in [1.54, 1.807) is 6.08 Å². The number of nitrogens with one attached hydrogen (secondary N) is 1. The molecule has 3 saturated carbocycles. The molecule has 26 heavy (non-hydrogen) atoms. The van der Waals surface area contributed by atoms with E-state index >= 15 is 0 Å². The minimum absolute atomic E-state index is 0.0821. The Morgan fingerprint density at radius 1 is 1.27 bits per heavy atom. The Hall–Kier alpha value is -0.830. The SMILES string of the molecule is CCC(C)(O)[C@H]1CC[C@H]2[C@@H]3C(C)CC4NC(=O)C=C[C@]4(C)[C@H]3CC[C@]12C. The number of rotatable bonds is 2. The minimum Gasteiger partial charge on any atom is -0.390 e. The monoisotopic (exact) mass is 359 g/mol. The van der Waals surface area contributed by atoms with Crippen LogP contribution in [0.4, 0.5) is 0 Å². The van der Waals surface area contributed by atoms with Gasteiger partial charge < -0.3 is 10.4 Å². The van der Waals surface area contributed by atoms with Gasteiger partial charge >= 0.3 is 0 Å². The quantitative estimate of drug-likeness (QED) is 0.772. The zero-order valence-electron chi connectivity index (χ0n) is 17.2. The van der Waals surface area contributed by atoms with Gasteiger partial charge in [-0.2, -0.15) is 0 Å². The van der Waals surface area contributed by atoms with Crippen LogP contribution in [-0.2, 0) is 4.79 Å². The molecule has 0 aromatic rings. The van der Waals surface area contributed by atoms with E-state index in [4.69, 9.17) is 0 Å². The molecule has 0 bridgehead atoms. The molecule has 9 atom stereocenters. The molecule has 0 saturated heterocycles. The summed E-state index contributed by atoms with van der Waals surface area (Å²) in [7, 11) is 0. The highest BCUT2D eigenvalue weighted by atomic mass is 16.3. The molecule has 3 nitrogen and oxygen atoms in total. The van der Waals surface area contributed by atoms with E-state index in [-0.39, 0.29) is 22.8 Å². The van der Waals surface area contributed by atoms with Crippen LogP contribution in [-0.4, -0.2) is 22.7 Å². The van der Waals surface area contributed by atoms with Crippen molar-refractivity contribution >= 4 is 5.91 Å². The highest BCUT2D eigenvalue weighted by molar-refractivity contribution is 5.89. The lowest BCUT2D eigenvalue weighted by molar-refractivity contribution is -0.134. The molecule has 146 valence electrons. The molecule has 3 aliphatic carbocycles. The molecule has 3 unspecified atom stereocenters. The lowest BCUT2D eigenvalue weighted by Gasteiger charge is -2.61. The van der Waals surface area contributed by atoms with Crippen molar-refractivity contribution < 1.29 is 9.90 Å². The van der Waals surface area contributed by atoms with E-state index in [1.807, 2.05) is 0 Å². The number of carbonyl (C=O) groups is 1. The van der Waals surface area contributed by atoms with Crippen molar-refractivity contribution in [1.82, 2.24) is 5.32 Å². The van der Waals surface area contributed by atoms with Gasteiger partial charge in [-0.05, 0) is 86.5 Å². The zero-order valence-corrected chi connectivity index (χ0v) is 17.2. The molecule has 1 heterocycles. The van der Waals surface area contributed by atoms with Crippen LogP contribution in [0.25, 0.3) is 0 Å². The molecule has 1 aliphatic heterocycles. The summed E-state index contributed by atoms with van der Waals surface area (Å²) >= 11 is 0. The second-order valence-electron chi connectivity index (χ2n) is 10.6. The van der Waals surface area contributed by atoms with E-state index in [9.17, 15) is 9.90 Å². The Morgan fingerprint density at radius 2 is 2.00 bits per heavy atom. The van der Waals surface area contributed by atoms with Gasteiger partial charge in [-0.25, -0.2) is 0 Å². The van der Waals surface area contributed by atoms with Gasteiger partial charge in [0.1, 0.15) is 0 Å². The molecule has 3 fully saturated rings. The molecule has 4 rings (SSSR count). The lowest BCUT2D eigenvalue weighted by atomic mass is 9.45. The molecule has 0 aromatic heterocycles. The number of carbonyl (C=O) groups excluding carboxylic acids is 1. The first-order valence-electron chi connectivity index (χ1n) is 10.9. The van der Waals surface area contributed by atoms with E-state index in [2.05, 4.69) is 46.0 Å². The molecule has 0 aromatic carbocycles. The van der Waals surface area contributed by atoms with Gasteiger partial charge in [-0.3, -0.25) is 4.79 Å². The van der Waals surface area contributed by atoms with Gasteiger partial charge in [0.25, 0.3) is 0 Å². The summed E-state index contributed by atoms with van der Waals surface area (Å²) in [6, 6.07) is 0.288. The Bertz CT molecular complexity index is 626. The fourth-order valence-corrected chi connectivity index (χ4v) is 7.95. The second-order valence-corrected chi connectivity index (χ2v) is 10.6. The lowest BCUT2D eigenvalue weighted by Crippen LogP contribution is -2.62. The Morgan fingerprint density at radius 3 is 2.69 bits per heavy atom. The first-order chi connectivity index (χ1) is 12.1. The average molecular weight is 360 g/mol. The van der Waals surface area contributed by atoms with Gasteiger partial charge in [0.2, 0.25) is 5.91 Å². The first-order valence-corrected chi connectivity index (χ1v) is 10.9. The highest BCUT2D eigenvalue weighted by Gasteiger charge is 2.63. The summed E-state index contributed by atoms with van der Waals surface area (Å²) in [6.07, 6.45) is 10.8. The molecular weight excluding hydrogens is 322 g/mol. The second kappa shape index (κ2) is 5.83. The van der Waals surface area contributed by atoms with Gasteiger partial charge in [-0.15, -0.1) is 0 Å². The Balaban J connectivity index is 1.69. The van der Waals surface area contributed by atoms with E-state index in [0.29, 0.717) is 29.6 Å². The molecular formula is C23H37NO2. The largest absolute Gasteiger partial charge is 0.390 e. The van der Waals surface area contributed by atoms with Crippen LogP contribution >= 0.6 is 0 Å². The summed E-state index contributed by atoms with van der Waals surface area (Å²) in [5.74, 6) is 3.22. The third-order valence-corrected chi connectivity index (χ3v) is 9.52. The summed E-state index contributed by atoms with van der Waals surface area (Å²) in [6.45, 7) is 11.5. The molecule has 0 radical (unpaired) electrons. The summed E-state index contributed by atoms with van der Waals surface area (Å²) in [5, 5.41) is 14.4. The standard InChI is InChI=1S/C23H37NO2/c1-6-23(5,26)17-8-7-15-20-14(2)13-18-22(4,12-10-19(25)24-18)16(20)9-11-21(15,17)3/h10,12,14-18,20,26H,6-9,11,13H2,1-5H3,(H,24,25)/t14?,15-,16-,17-,18?,20-,21-,22+,23?/m0/s1. The van der Waals surface area contributed by atoms with E-state index in [1.165, 1.54) is 25.7 Å². The van der Waals surface area contributed by atoms with E-state index < -0.39 is 5.60 Å². The van der Waals surface area contributed by atoms with Gasteiger partial charge in [0, 0.05) is 11.5 Å². The van der Waals surface area contributed by atoms with Gasteiger partial charge in [-0.1, -0.05) is 33.8 Å². The molecule has 1 amide bonds. The van der Waals surface area contributed by atoms with Crippen LogP contribution in [0.15, 0.2) is 12.2 Å². The van der Waals surface area contributed by atoms with Crippen molar-refractivity contribution in [2.24, 2.45) is 40.4 Å². The maximum Gasteiger partial charge on any atom is 0.243 e. The maximum atomic E-state index is 11.9. The molecule has 2 N–H and O–H groups in total. The number of hydrogen-bond acceptors (Lipinski definition) is 2. The minimum atomic E-state index is -0.542. The number of hydrogen-bond donors (Lipinski definition) is 2. The third kappa shape index (κ3) is 2.38. The van der Waals surface area contributed by atoms with Crippen LogP contribution in [0.2, 0.25) is 0 Å². The van der Waals surface area contributed by atoms with Gasteiger partial charge in [0.15, 0.2) is 0 Å². The number of fused-ring (bicyclic) bond motifs is 5. The first kappa shape index (κ1) is 18.5. The van der Waals surface area contributed by atoms with Crippen LogP contribution in [0, 0.1) is 40.4 Å². The fraction of sp³-hybridized carbons (Fsp3) is 0.870. The summed E-state index contributed by atoms with van der Waals surface area (Å²) in [5.41, 5.74) is -0.184. The predicted molar refractivity (Wildman–Crippen MR) is 104 cm³/mol. The fourth-order valence-electron chi connectivity index (χ4n) is 7.95. The Kier molecular flexibility index (Phi) is 4.16. The van der Waals surface area contributed by atoms with Crippen molar-refractivity contribution in [3.8, 4) is 0 Å². The summed E-state index contributed by atoms with van der Waals surface area (Å²) in [4.78, 5) is 11.9. The number of aliphatic hydroxyl groups is 1. The average Bonchev–Trinajstić information content (AvgIpc) is 2.94. The van der Waals surface area contributed by atoms with Crippen molar-refractivity contribution in [2.75, 3.05) is 0 Å². The maximum absolute atomic E-state index is 11.9. The third-order valence-electron chi connectivity index (χ3n) is 9.52. The van der Waals surface area contributed by atoms with Crippen LogP contribution < -0.4 is 5.32 Å². The molecule has 3 heteroatoms. The van der Waals surface area contributed by atoms with Crippen molar-refractivity contribution in [1.29, 1.82) is 0 Å². The predicted octanol–water partition coefficient (Wildman–Crippen LogP) is 4.31. The topological polar surface area (TPSA) is 49.3 Å². The highest BCUT2D eigenvalue weighted by Crippen LogP contribution is 2.67. The molecule has 0 spiro atoms. The van der Waals surface area contributed by atoms with Crippen LogP contribution in [0.3, 0.4) is 0 Å².